The maximum atomic E-state index is 13.1. The molecule has 0 saturated carbocycles. The minimum Gasteiger partial charge on any atom is -0.345 e. The Morgan fingerprint density at radius 1 is 1.00 bits per heavy atom. The zero-order chi connectivity index (χ0) is 21.5. The second-order valence-electron chi connectivity index (χ2n) is 7.62. The first kappa shape index (κ1) is 22.3. The van der Waals surface area contributed by atoms with Gasteiger partial charge in [-0.05, 0) is 49.9 Å². The van der Waals surface area contributed by atoms with Crippen molar-refractivity contribution in [3.8, 4) is 0 Å². The zero-order valence-corrected chi connectivity index (χ0v) is 19.3. The fraction of sp³-hybridized carbons (Fsp3) is 0.417. The van der Waals surface area contributed by atoms with E-state index in [1.165, 1.54) is 0 Å². The molecule has 1 aliphatic rings. The predicted molar refractivity (Wildman–Crippen MR) is 123 cm³/mol. The number of halogens is 1. The van der Waals surface area contributed by atoms with E-state index >= 15 is 0 Å². The average Bonchev–Trinajstić information content (AvgIpc) is 2.79. The highest BCUT2D eigenvalue weighted by atomic mass is 79.9. The van der Waals surface area contributed by atoms with E-state index in [9.17, 15) is 9.59 Å². The van der Waals surface area contributed by atoms with Crippen LogP contribution in [-0.2, 0) is 4.79 Å². The lowest BCUT2D eigenvalue weighted by Gasteiger charge is -2.35. The molecule has 0 bridgehead atoms. The normalized spacial score (nSPS) is 15.5. The summed E-state index contributed by atoms with van der Waals surface area (Å²) in [4.78, 5) is 29.4. The van der Waals surface area contributed by atoms with Crippen molar-refractivity contribution in [1.82, 2.24) is 15.1 Å². The molecule has 3 amide bonds. The Kier molecular flexibility index (Phi) is 7.91. The van der Waals surface area contributed by atoms with Crippen LogP contribution in [0.2, 0.25) is 0 Å². The van der Waals surface area contributed by atoms with Gasteiger partial charge in [0.05, 0.1) is 6.04 Å². The van der Waals surface area contributed by atoms with Crippen molar-refractivity contribution in [2.45, 2.75) is 32.7 Å². The van der Waals surface area contributed by atoms with Crippen LogP contribution in [0.25, 0.3) is 0 Å². The van der Waals surface area contributed by atoms with Crippen LogP contribution < -0.4 is 5.32 Å². The first-order valence-electron chi connectivity index (χ1n) is 10.7. The molecule has 160 valence electrons. The number of urea groups is 1. The van der Waals surface area contributed by atoms with Gasteiger partial charge in [-0.2, -0.15) is 0 Å². The van der Waals surface area contributed by atoms with E-state index in [1.807, 2.05) is 78.2 Å². The molecule has 6 heteroatoms. The van der Waals surface area contributed by atoms with E-state index in [1.54, 1.807) is 0 Å². The molecule has 0 aromatic heterocycles. The molecule has 0 radical (unpaired) electrons. The van der Waals surface area contributed by atoms with Crippen molar-refractivity contribution in [2.75, 3.05) is 26.2 Å². The van der Waals surface area contributed by atoms with Crippen LogP contribution in [0.3, 0.4) is 0 Å². The minimum absolute atomic E-state index is 0.0571. The van der Waals surface area contributed by atoms with Gasteiger partial charge in [0.25, 0.3) is 0 Å². The molecule has 1 aliphatic heterocycles. The van der Waals surface area contributed by atoms with Gasteiger partial charge in [-0.25, -0.2) is 4.79 Å². The molecule has 0 aliphatic carbocycles. The lowest BCUT2D eigenvalue weighted by atomic mass is 9.93. The highest BCUT2D eigenvalue weighted by Crippen LogP contribution is 2.26. The second-order valence-corrected chi connectivity index (χ2v) is 8.54. The maximum Gasteiger partial charge on any atom is 0.319 e. The van der Waals surface area contributed by atoms with Crippen molar-refractivity contribution in [3.05, 3.63) is 70.2 Å². The number of likely N-dealkylation sites (tertiary alicyclic amines) is 1. The third-order valence-corrected chi connectivity index (χ3v) is 6.32. The first-order chi connectivity index (χ1) is 14.5. The van der Waals surface area contributed by atoms with Gasteiger partial charge >= 0.3 is 6.03 Å². The summed E-state index contributed by atoms with van der Waals surface area (Å²) in [5, 5.41) is 3.26. The monoisotopic (exact) mass is 471 g/mol. The number of benzene rings is 2. The number of piperidine rings is 1. The van der Waals surface area contributed by atoms with Gasteiger partial charge in [0.15, 0.2) is 0 Å². The van der Waals surface area contributed by atoms with Crippen LogP contribution in [0.4, 0.5) is 4.79 Å². The van der Waals surface area contributed by atoms with Crippen molar-refractivity contribution >= 4 is 27.9 Å². The summed E-state index contributed by atoms with van der Waals surface area (Å²) in [5.74, 6) is -0.0193. The van der Waals surface area contributed by atoms with E-state index in [0.717, 1.165) is 15.6 Å². The van der Waals surface area contributed by atoms with E-state index < -0.39 is 0 Å². The fourth-order valence-corrected chi connectivity index (χ4v) is 4.21. The molecular weight excluding hydrogens is 442 g/mol. The highest BCUT2D eigenvalue weighted by molar-refractivity contribution is 9.10. The number of nitrogens with zero attached hydrogens (tertiary/aromatic N) is 2. The van der Waals surface area contributed by atoms with Gasteiger partial charge in [-0.1, -0.05) is 58.4 Å². The molecule has 1 N–H and O–H groups in total. The lowest BCUT2D eigenvalue weighted by molar-refractivity contribution is -0.126. The summed E-state index contributed by atoms with van der Waals surface area (Å²) in [6, 6.07) is 18.0. The number of nitrogens with one attached hydrogen (secondary N) is 1. The molecule has 5 nitrogen and oxygen atoms in total. The highest BCUT2D eigenvalue weighted by Gasteiger charge is 2.30. The van der Waals surface area contributed by atoms with Gasteiger partial charge in [-0.3, -0.25) is 4.79 Å². The summed E-state index contributed by atoms with van der Waals surface area (Å²) in [5.41, 5.74) is 2.11. The Labute approximate surface area is 187 Å². The Morgan fingerprint density at radius 2 is 1.57 bits per heavy atom. The van der Waals surface area contributed by atoms with Crippen molar-refractivity contribution in [2.24, 2.45) is 5.92 Å². The Balaban J connectivity index is 1.67. The molecule has 1 atom stereocenters. The van der Waals surface area contributed by atoms with Crippen molar-refractivity contribution < 1.29 is 9.59 Å². The van der Waals surface area contributed by atoms with Crippen LogP contribution in [-0.4, -0.2) is 47.9 Å². The van der Waals surface area contributed by atoms with Crippen LogP contribution in [0.5, 0.6) is 0 Å². The maximum absolute atomic E-state index is 13.1. The Bertz CT molecular complexity index is 829. The quantitative estimate of drug-likeness (QED) is 0.655. The SMILES string of the molecule is CCN(CC)C(=O)N1CCC(C(=O)NC(c2ccccc2)c2ccc(Br)cc2)CC1. The van der Waals surface area contributed by atoms with Gasteiger partial charge in [-0.15, -0.1) is 0 Å². The van der Waals surface area contributed by atoms with Crippen LogP contribution >= 0.6 is 15.9 Å². The van der Waals surface area contributed by atoms with Gasteiger partial charge in [0.1, 0.15) is 0 Å². The molecule has 1 unspecified atom stereocenters. The molecule has 1 heterocycles. The Hall–Kier alpha value is -2.34. The van der Waals surface area contributed by atoms with Gasteiger partial charge in [0.2, 0.25) is 5.91 Å². The number of hydrogen-bond donors (Lipinski definition) is 1. The number of rotatable bonds is 6. The molecule has 30 heavy (non-hydrogen) atoms. The summed E-state index contributed by atoms with van der Waals surface area (Å²) in [7, 11) is 0. The third-order valence-electron chi connectivity index (χ3n) is 5.79. The lowest BCUT2D eigenvalue weighted by Crippen LogP contribution is -2.48. The largest absolute Gasteiger partial charge is 0.345 e. The van der Waals surface area contributed by atoms with Gasteiger partial charge in [0, 0.05) is 36.6 Å². The molecule has 3 rings (SSSR count). The zero-order valence-electron chi connectivity index (χ0n) is 17.7. The summed E-state index contributed by atoms with van der Waals surface area (Å²) < 4.78 is 1.01. The topological polar surface area (TPSA) is 52.7 Å². The second kappa shape index (κ2) is 10.6. The molecule has 2 aromatic rings. The van der Waals surface area contributed by atoms with Crippen molar-refractivity contribution in [3.63, 3.8) is 0 Å². The number of hydrogen-bond acceptors (Lipinski definition) is 2. The summed E-state index contributed by atoms with van der Waals surface area (Å²) >= 11 is 3.48. The van der Waals surface area contributed by atoms with E-state index in [2.05, 4.69) is 21.2 Å². The van der Waals surface area contributed by atoms with Crippen LogP contribution in [0.1, 0.15) is 43.9 Å². The minimum atomic E-state index is -0.192. The van der Waals surface area contributed by atoms with Crippen LogP contribution in [0, 0.1) is 5.92 Å². The Morgan fingerprint density at radius 3 is 2.13 bits per heavy atom. The van der Waals surface area contributed by atoms with Crippen LogP contribution in [0.15, 0.2) is 59.1 Å². The molecule has 1 saturated heterocycles. The molecule has 2 aromatic carbocycles. The van der Waals surface area contributed by atoms with E-state index in [-0.39, 0.29) is 23.9 Å². The number of carbonyl (C=O) groups is 2. The fourth-order valence-electron chi connectivity index (χ4n) is 3.95. The van der Waals surface area contributed by atoms with Crippen molar-refractivity contribution in [1.29, 1.82) is 0 Å². The number of carbonyl (C=O) groups excluding carboxylic acids is 2. The smallest absolute Gasteiger partial charge is 0.319 e. The average molecular weight is 472 g/mol. The van der Waals surface area contributed by atoms with E-state index in [0.29, 0.717) is 39.0 Å². The van der Waals surface area contributed by atoms with Gasteiger partial charge < -0.3 is 15.1 Å². The first-order valence-corrected chi connectivity index (χ1v) is 11.5. The molecular formula is C24H30BrN3O2. The molecule has 1 fully saturated rings. The standard InChI is InChI=1S/C24H30BrN3O2/c1-3-27(4-2)24(30)28-16-14-20(15-17-28)23(29)26-22(18-8-6-5-7-9-18)19-10-12-21(25)13-11-19/h5-13,20,22H,3-4,14-17H2,1-2H3,(H,26,29). The summed E-state index contributed by atoms with van der Waals surface area (Å²) in [6.45, 7) is 6.66. The summed E-state index contributed by atoms with van der Waals surface area (Å²) in [6.07, 6.45) is 1.39. The predicted octanol–water partition coefficient (Wildman–Crippen LogP) is 4.83. The third kappa shape index (κ3) is 5.42. The number of amides is 3. The van der Waals surface area contributed by atoms with E-state index in [4.69, 9.17) is 0 Å². The molecule has 0 spiro atoms.